The maximum atomic E-state index is 5.41. The molecule has 0 radical (unpaired) electrons. The van der Waals surface area contributed by atoms with Crippen LogP contribution in [0.3, 0.4) is 0 Å². The van der Waals surface area contributed by atoms with Crippen LogP contribution in [0, 0.1) is 0 Å². The van der Waals surface area contributed by atoms with E-state index in [1.165, 1.54) is 5.56 Å². The molecule has 1 N–H and O–H groups in total. The topological polar surface area (TPSA) is 39.7 Å². The van der Waals surface area contributed by atoms with Gasteiger partial charge in [-0.2, -0.15) is 0 Å². The minimum absolute atomic E-state index is 0.562. The van der Waals surface area contributed by atoms with E-state index < -0.39 is 0 Å². The predicted octanol–water partition coefficient (Wildman–Crippen LogP) is 1.61. The van der Waals surface area contributed by atoms with Crippen LogP contribution < -0.4 is 14.8 Å². The van der Waals surface area contributed by atoms with Crippen molar-refractivity contribution in [3.05, 3.63) is 23.3 Å². The van der Waals surface area contributed by atoms with Crippen molar-refractivity contribution >= 4 is 0 Å². The largest absolute Gasteiger partial charge is 0.497 e. The summed E-state index contributed by atoms with van der Waals surface area (Å²) >= 11 is 0. The van der Waals surface area contributed by atoms with Crippen LogP contribution in [0.5, 0.6) is 11.5 Å². The molecule has 0 saturated heterocycles. The third-order valence-electron chi connectivity index (χ3n) is 2.66. The lowest BCUT2D eigenvalue weighted by Gasteiger charge is -2.15. The van der Waals surface area contributed by atoms with Crippen LogP contribution in [0.25, 0.3) is 0 Å². The Bertz CT molecular complexity index is 353. The van der Waals surface area contributed by atoms with Gasteiger partial charge in [-0.1, -0.05) is 0 Å². The van der Waals surface area contributed by atoms with Gasteiger partial charge in [-0.25, -0.2) is 0 Å². The second kappa shape index (κ2) is 7.14. The van der Waals surface area contributed by atoms with Crippen molar-refractivity contribution in [2.75, 3.05) is 34.9 Å². The van der Waals surface area contributed by atoms with E-state index in [0.29, 0.717) is 6.61 Å². The van der Waals surface area contributed by atoms with Crippen LogP contribution >= 0.6 is 0 Å². The van der Waals surface area contributed by atoms with Crippen molar-refractivity contribution in [3.63, 3.8) is 0 Å². The van der Waals surface area contributed by atoms with E-state index in [-0.39, 0.29) is 0 Å². The third-order valence-corrected chi connectivity index (χ3v) is 2.66. The molecule has 4 heteroatoms. The van der Waals surface area contributed by atoms with Gasteiger partial charge in [-0.15, -0.1) is 0 Å². The lowest BCUT2D eigenvalue weighted by Crippen LogP contribution is -2.13. The Labute approximate surface area is 103 Å². The highest BCUT2D eigenvalue weighted by Gasteiger charge is 2.11. The Balaban J connectivity index is 3.10. The molecule has 0 aliphatic rings. The molecule has 0 aromatic heterocycles. The summed E-state index contributed by atoms with van der Waals surface area (Å²) in [5.41, 5.74) is 2.28. The molecule has 0 amide bonds. The maximum absolute atomic E-state index is 5.41. The smallest absolute Gasteiger partial charge is 0.126 e. The summed E-state index contributed by atoms with van der Waals surface area (Å²) in [5.74, 6) is 1.65. The first-order chi connectivity index (χ1) is 8.26. The van der Waals surface area contributed by atoms with Crippen molar-refractivity contribution in [1.82, 2.24) is 5.32 Å². The highest BCUT2D eigenvalue weighted by atomic mass is 16.5. The first-order valence-electron chi connectivity index (χ1n) is 5.64. The maximum Gasteiger partial charge on any atom is 0.126 e. The van der Waals surface area contributed by atoms with Gasteiger partial charge >= 0.3 is 0 Å². The first-order valence-corrected chi connectivity index (χ1v) is 5.64. The number of ether oxygens (including phenoxy) is 3. The quantitative estimate of drug-likeness (QED) is 0.784. The van der Waals surface area contributed by atoms with Crippen LogP contribution in [0.15, 0.2) is 12.1 Å². The van der Waals surface area contributed by atoms with E-state index in [4.69, 9.17) is 14.2 Å². The van der Waals surface area contributed by atoms with Crippen molar-refractivity contribution < 1.29 is 14.2 Å². The monoisotopic (exact) mass is 239 g/mol. The summed E-state index contributed by atoms with van der Waals surface area (Å²) in [5, 5.41) is 3.14. The molecule has 0 fully saturated rings. The highest BCUT2D eigenvalue weighted by molar-refractivity contribution is 5.46. The number of methoxy groups -OCH3 is 3. The second-order valence-electron chi connectivity index (χ2n) is 3.75. The van der Waals surface area contributed by atoms with Crippen LogP contribution in [0.4, 0.5) is 0 Å². The molecule has 0 heterocycles. The third kappa shape index (κ3) is 3.61. The number of rotatable bonds is 7. The van der Waals surface area contributed by atoms with Gasteiger partial charge in [0.25, 0.3) is 0 Å². The number of benzene rings is 1. The molecule has 0 aliphatic carbocycles. The molecule has 0 aliphatic heterocycles. The zero-order chi connectivity index (χ0) is 12.7. The van der Waals surface area contributed by atoms with E-state index in [1.54, 1.807) is 21.3 Å². The standard InChI is InChI=1S/C13H21NO3/c1-14-6-5-12-10(9-15-2)7-11(16-3)8-13(12)17-4/h7-8,14H,5-6,9H2,1-4H3. The van der Waals surface area contributed by atoms with Crippen LogP contribution in [-0.4, -0.2) is 34.9 Å². The van der Waals surface area contributed by atoms with Gasteiger partial charge in [0.2, 0.25) is 0 Å². The van der Waals surface area contributed by atoms with Gasteiger partial charge in [0.15, 0.2) is 0 Å². The fourth-order valence-corrected chi connectivity index (χ4v) is 1.79. The van der Waals surface area contributed by atoms with Gasteiger partial charge in [-0.3, -0.25) is 0 Å². The normalized spacial score (nSPS) is 10.4. The Kier molecular flexibility index (Phi) is 5.80. The summed E-state index contributed by atoms with van der Waals surface area (Å²) in [6.07, 6.45) is 0.905. The molecule has 0 spiro atoms. The minimum atomic E-state index is 0.562. The summed E-state index contributed by atoms with van der Waals surface area (Å²) in [6.45, 7) is 1.46. The Morgan fingerprint density at radius 1 is 1.12 bits per heavy atom. The molecule has 96 valence electrons. The fraction of sp³-hybridized carbons (Fsp3) is 0.538. The van der Waals surface area contributed by atoms with E-state index in [9.17, 15) is 0 Å². The molecule has 1 aromatic rings. The van der Waals surface area contributed by atoms with Gasteiger partial charge in [-0.05, 0) is 31.6 Å². The highest BCUT2D eigenvalue weighted by Crippen LogP contribution is 2.29. The predicted molar refractivity (Wildman–Crippen MR) is 67.9 cm³/mol. The van der Waals surface area contributed by atoms with E-state index in [2.05, 4.69) is 5.32 Å². The zero-order valence-corrected chi connectivity index (χ0v) is 11.0. The van der Waals surface area contributed by atoms with E-state index in [1.807, 2.05) is 19.2 Å². The molecule has 1 aromatic carbocycles. The van der Waals surface area contributed by atoms with Gasteiger partial charge < -0.3 is 19.5 Å². The molecule has 0 atom stereocenters. The number of hydrogen-bond donors (Lipinski definition) is 1. The average molecular weight is 239 g/mol. The fourth-order valence-electron chi connectivity index (χ4n) is 1.79. The average Bonchev–Trinajstić information content (AvgIpc) is 2.36. The SMILES string of the molecule is CNCCc1c(COC)cc(OC)cc1OC. The lowest BCUT2D eigenvalue weighted by molar-refractivity contribution is 0.183. The Hall–Kier alpha value is -1.26. The number of likely N-dealkylation sites (N-methyl/N-ethyl adjacent to an activating group) is 1. The zero-order valence-electron chi connectivity index (χ0n) is 11.0. The molecule has 1 rings (SSSR count). The van der Waals surface area contributed by atoms with Crippen molar-refractivity contribution in [2.45, 2.75) is 13.0 Å². The van der Waals surface area contributed by atoms with Crippen molar-refractivity contribution in [2.24, 2.45) is 0 Å². The van der Waals surface area contributed by atoms with Crippen LogP contribution in [0.2, 0.25) is 0 Å². The van der Waals surface area contributed by atoms with E-state index >= 15 is 0 Å². The molecular weight excluding hydrogens is 218 g/mol. The van der Waals surface area contributed by atoms with Gasteiger partial charge in [0.1, 0.15) is 11.5 Å². The molecule has 0 bridgehead atoms. The Morgan fingerprint density at radius 3 is 2.41 bits per heavy atom. The summed E-state index contributed by atoms with van der Waals surface area (Å²) in [7, 11) is 6.95. The summed E-state index contributed by atoms with van der Waals surface area (Å²) < 4.78 is 15.9. The molecule has 0 saturated carbocycles. The summed E-state index contributed by atoms with van der Waals surface area (Å²) in [6, 6.07) is 3.90. The molecule has 17 heavy (non-hydrogen) atoms. The Morgan fingerprint density at radius 2 is 1.88 bits per heavy atom. The number of nitrogens with one attached hydrogen (secondary N) is 1. The van der Waals surface area contributed by atoms with Crippen molar-refractivity contribution in [1.29, 1.82) is 0 Å². The molecule has 4 nitrogen and oxygen atoms in total. The van der Waals surface area contributed by atoms with Gasteiger partial charge in [0, 0.05) is 18.7 Å². The van der Waals surface area contributed by atoms with E-state index in [0.717, 1.165) is 30.0 Å². The van der Waals surface area contributed by atoms with Gasteiger partial charge in [0.05, 0.1) is 20.8 Å². The molecular formula is C13H21NO3. The number of hydrogen-bond acceptors (Lipinski definition) is 4. The van der Waals surface area contributed by atoms with Crippen LogP contribution in [-0.2, 0) is 17.8 Å². The first kappa shape index (κ1) is 13.8. The van der Waals surface area contributed by atoms with Crippen LogP contribution in [0.1, 0.15) is 11.1 Å². The second-order valence-corrected chi connectivity index (χ2v) is 3.75. The summed E-state index contributed by atoms with van der Waals surface area (Å²) in [4.78, 5) is 0. The molecule has 0 unspecified atom stereocenters. The minimum Gasteiger partial charge on any atom is -0.497 e. The van der Waals surface area contributed by atoms with Crippen molar-refractivity contribution in [3.8, 4) is 11.5 Å². The lowest BCUT2D eigenvalue weighted by atomic mass is 10.0.